The average molecular weight is 351 g/mol. The molecule has 2 N–H and O–H groups in total. The van der Waals surface area contributed by atoms with E-state index in [4.69, 9.17) is 5.73 Å². The van der Waals surface area contributed by atoms with Crippen molar-refractivity contribution in [1.82, 2.24) is 15.1 Å². The molecule has 0 radical (unpaired) electrons. The van der Waals surface area contributed by atoms with Gasteiger partial charge in [0.05, 0.1) is 11.7 Å². The largest absolute Gasteiger partial charge is 0.382 e. The molecule has 0 saturated carbocycles. The molecule has 1 fully saturated rings. The lowest BCUT2D eigenvalue weighted by atomic mass is 10.1. The first-order valence-electron chi connectivity index (χ1n) is 6.90. The minimum Gasteiger partial charge on any atom is -0.382 e. The molecule has 1 aromatic heterocycles. The molecule has 4 nitrogen and oxygen atoms in total. The van der Waals surface area contributed by atoms with Crippen LogP contribution in [0.5, 0.6) is 0 Å². The van der Waals surface area contributed by atoms with Crippen molar-refractivity contribution in [2.45, 2.75) is 25.4 Å². The Labute approximate surface area is 131 Å². The van der Waals surface area contributed by atoms with Crippen LogP contribution in [0.1, 0.15) is 30.1 Å². The van der Waals surface area contributed by atoms with Crippen LogP contribution in [0.4, 0.5) is 10.2 Å². The Bertz CT molecular complexity index is 632. The fourth-order valence-corrected chi connectivity index (χ4v) is 3.23. The van der Waals surface area contributed by atoms with E-state index in [1.807, 2.05) is 12.1 Å². The zero-order chi connectivity index (χ0) is 14.8. The standard InChI is InChI=1S/C15H16BrFN4/c16-12-8-11(17)4-3-10(12)9-21-7-1-2-14(21)13-5-6-15(18)20-19-13/h3-6,8,14H,1-2,7,9H2,(H2,18,20). The Morgan fingerprint density at radius 1 is 1.29 bits per heavy atom. The maximum Gasteiger partial charge on any atom is 0.146 e. The van der Waals surface area contributed by atoms with Gasteiger partial charge in [-0.3, -0.25) is 4.90 Å². The minimum atomic E-state index is -0.229. The van der Waals surface area contributed by atoms with Crippen molar-refractivity contribution in [3.8, 4) is 0 Å². The number of nitrogen functional groups attached to an aromatic ring is 1. The van der Waals surface area contributed by atoms with Crippen molar-refractivity contribution in [2.24, 2.45) is 0 Å². The van der Waals surface area contributed by atoms with Gasteiger partial charge in [0.1, 0.15) is 11.6 Å². The molecule has 1 aliphatic heterocycles. The third-order valence-electron chi connectivity index (χ3n) is 3.80. The van der Waals surface area contributed by atoms with Crippen LogP contribution in [-0.4, -0.2) is 21.6 Å². The Hall–Kier alpha value is -1.53. The zero-order valence-electron chi connectivity index (χ0n) is 11.5. The number of nitrogens with zero attached hydrogens (tertiary/aromatic N) is 3. The van der Waals surface area contributed by atoms with Crippen LogP contribution in [0.3, 0.4) is 0 Å². The fourth-order valence-electron chi connectivity index (χ4n) is 2.75. The van der Waals surface area contributed by atoms with E-state index in [1.54, 1.807) is 6.07 Å². The normalized spacial score (nSPS) is 19.0. The van der Waals surface area contributed by atoms with Crippen molar-refractivity contribution >= 4 is 21.7 Å². The van der Waals surface area contributed by atoms with E-state index in [9.17, 15) is 4.39 Å². The fraction of sp³-hybridized carbons (Fsp3) is 0.333. The van der Waals surface area contributed by atoms with Crippen LogP contribution in [0, 0.1) is 5.82 Å². The molecule has 2 heterocycles. The van der Waals surface area contributed by atoms with E-state index in [0.717, 1.165) is 41.7 Å². The molecule has 0 amide bonds. The topological polar surface area (TPSA) is 55.0 Å². The van der Waals surface area contributed by atoms with Crippen molar-refractivity contribution in [3.05, 3.63) is 51.9 Å². The Morgan fingerprint density at radius 2 is 2.14 bits per heavy atom. The third-order valence-corrected chi connectivity index (χ3v) is 4.54. The Kier molecular flexibility index (Phi) is 4.17. The predicted octanol–water partition coefficient (Wildman–Crippen LogP) is 3.30. The van der Waals surface area contributed by atoms with E-state index in [-0.39, 0.29) is 11.9 Å². The van der Waals surface area contributed by atoms with Crippen molar-refractivity contribution < 1.29 is 4.39 Å². The second kappa shape index (κ2) is 6.07. The van der Waals surface area contributed by atoms with Crippen LogP contribution in [0.2, 0.25) is 0 Å². The molecular formula is C15H16BrFN4. The van der Waals surface area contributed by atoms with Gasteiger partial charge in [-0.1, -0.05) is 22.0 Å². The molecule has 0 bridgehead atoms. The number of benzene rings is 1. The van der Waals surface area contributed by atoms with Crippen molar-refractivity contribution in [3.63, 3.8) is 0 Å². The maximum atomic E-state index is 13.2. The molecule has 110 valence electrons. The first-order valence-corrected chi connectivity index (χ1v) is 7.70. The van der Waals surface area contributed by atoms with E-state index in [2.05, 4.69) is 31.0 Å². The van der Waals surface area contributed by atoms with Crippen LogP contribution in [0.15, 0.2) is 34.8 Å². The van der Waals surface area contributed by atoms with Crippen LogP contribution in [-0.2, 0) is 6.54 Å². The van der Waals surface area contributed by atoms with E-state index in [1.165, 1.54) is 12.1 Å². The maximum absolute atomic E-state index is 13.2. The summed E-state index contributed by atoms with van der Waals surface area (Å²) < 4.78 is 14.0. The zero-order valence-corrected chi connectivity index (χ0v) is 13.1. The summed E-state index contributed by atoms with van der Waals surface area (Å²) in [6.45, 7) is 1.76. The summed E-state index contributed by atoms with van der Waals surface area (Å²) in [5, 5.41) is 8.14. The summed E-state index contributed by atoms with van der Waals surface area (Å²) in [7, 11) is 0. The Morgan fingerprint density at radius 3 is 2.86 bits per heavy atom. The second-order valence-electron chi connectivity index (χ2n) is 5.25. The lowest BCUT2D eigenvalue weighted by Gasteiger charge is -2.24. The molecule has 1 unspecified atom stereocenters. The number of halogens is 2. The number of likely N-dealkylation sites (tertiary alicyclic amines) is 1. The van der Waals surface area contributed by atoms with Gasteiger partial charge in [-0.05, 0) is 49.2 Å². The molecule has 1 atom stereocenters. The molecule has 1 saturated heterocycles. The van der Waals surface area contributed by atoms with Gasteiger partial charge in [0.25, 0.3) is 0 Å². The van der Waals surface area contributed by atoms with E-state index in [0.29, 0.717) is 5.82 Å². The van der Waals surface area contributed by atoms with Gasteiger partial charge < -0.3 is 5.73 Å². The van der Waals surface area contributed by atoms with Gasteiger partial charge in [0, 0.05) is 11.0 Å². The Balaban J connectivity index is 1.79. The number of nitrogens with two attached hydrogens (primary N) is 1. The van der Waals surface area contributed by atoms with Gasteiger partial charge >= 0.3 is 0 Å². The van der Waals surface area contributed by atoms with Gasteiger partial charge in [-0.15, -0.1) is 5.10 Å². The van der Waals surface area contributed by atoms with Gasteiger partial charge in [-0.25, -0.2) is 4.39 Å². The molecule has 6 heteroatoms. The molecule has 1 aliphatic rings. The summed E-state index contributed by atoms with van der Waals surface area (Å²) in [5.74, 6) is 0.206. The number of hydrogen-bond donors (Lipinski definition) is 1. The molecule has 1 aromatic carbocycles. The second-order valence-corrected chi connectivity index (χ2v) is 6.10. The average Bonchev–Trinajstić information content (AvgIpc) is 2.91. The van der Waals surface area contributed by atoms with Gasteiger partial charge in [-0.2, -0.15) is 5.10 Å². The molecular weight excluding hydrogens is 335 g/mol. The van der Waals surface area contributed by atoms with E-state index >= 15 is 0 Å². The first-order chi connectivity index (χ1) is 10.1. The van der Waals surface area contributed by atoms with Crippen molar-refractivity contribution in [1.29, 1.82) is 0 Å². The highest BCUT2D eigenvalue weighted by Crippen LogP contribution is 2.33. The van der Waals surface area contributed by atoms with Crippen LogP contribution < -0.4 is 5.73 Å². The number of anilines is 1. The first kappa shape index (κ1) is 14.4. The SMILES string of the molecule is Nc1ccc(C2CCCN2Cc2ccc(F)cc2Br)nn1. The highest BCUT2D eigenvalue weighted by atomic mass is 79.9. The molecule has 21 heavy (non-hydrogen) atoms. The highest BCUT2D eigenvalue weighted by molar-refractivity contribution is 9.10. The van der Waals surface area contributed by atoms with E-state index < -0.39 is 0 Å². The van der Waals surface area contributed by atoms with Crippen molar-refractivity contribution in [2.75, 3.05) is 12.3 Å². The minimum absolute atomic E-state index is 0.229. The van der Waals surface area contributed by atoms with Crippen LogP contribution >= 0.6 is 15.9 Å². The number of rotatable bonds is 3. The molecule has 0 aliphatic carbocycles. The number of aromatic nitrogens is 2. The molecule has 2 aromatic rings. The van der Waals surface area contributed by atoms with Gasteiger partial charge in [0.15, 0.2) is 0 Å². The monoisotopic (exact) mass is 350 g/mol. The van der Waals surface area contributed by atoms with Gasteiger partial charge in [0.2, 0.25) is 0 Å². The lowest BCUT2D eigenvalue weighted by Crippen LogP contribution is -2.24. The number of hydrogen-bond acceptors (Lipinski definition) is 4. The van der Waals surface area contributed by atoms with Crippen LogP contribution in [0.25, 0.3) is 0 Å². The lowest BCUT2D eigenvalue weighted by molar-refractivity contribution is 0.243. The molecule has 3 rings (SSSR count). The quantitative estimate of drug-likeness (QED) is 0.922. The third kappa shape index (κ3) is 3.22. The highest BCUT2D eigenvalue weighted by Gasteiger charge is 2.27. The summed E-state index contributed by atoms with van der Waals surface area (Å²) in [5.41, 5.74) is 7.61. The predicted molar refractivity (Wildman–Crippen MR) is 82.9 cm³/mol. The summed E-state index contributed by atoms with van der Waals surface area (Å²) >= 11 is 3.43. The summed E-state index contributed by atoms with van der Waals surface area (Å²) in [4.78, 5) is 2.35. The summed E-state index contributed by atoms with van der Waals surface area (Å²) in [6.07, 6.45) is 2.17. The molecule has 0 spiro atoms. The summed E-state index contributed by atoms with van der Waals surface area (Å²) in [6, 6.07) is 8.79. The smallest absolute Gasteiger partial charge is 0.146 e.